The molecule has 0 saturated heterocycles. The molecule has 1 heterocycles. The molecule has 0 atom stereocenters. The number of H-pyrrole nitrogens is 1. The van der Waals surface area contributed by atoms with E-state index >= 15 is 0 Å². The number of nitrogens with zero attached hydrogens (tertiary/aromatic N) is 3. The summed E-state index contributed by atoms with van der Waals surface area (Å²) < 4.78 is 0.986. The minimum absolute atomic E-state index is 0.158. The second-order valence-corrected chi connectivity index (χ2v) is 4.46. The molecule has 88 valence electrons. The van der Waals surface area contributed by atoms with Crippen LogP contribution >= 0.6 is 15.9 Å². The minimum atomic E-state index is -0.158. The average molecular weight is 295 g/mol. The second kappa shape index (κ2) is 5.09. The van der Waals surface area contributed by atoms with Crippen molar-refractivity contribution in [1.82, 2.24) is 20.3 Å². The maximum atomic E-state index is 11.9. The molecule has 0 radical (unpaired) electrons. The van der Waals surface area contributed by atoms with Gasteiger partial charge in [-0.25, -0.2) is 0 Å². The summed E-state index contributed by atoms with van der Waals surface area (Å²) in [5.41, 5.74) is 1.37. The van der Waals surface area contributed by atoms with Crippen LogP contribution in [0.5, 0.6) is 0 Å². The fourth-order valence-electron chi connectivity index (χ4n) is 1.45. The number of aromatic nitrogens is 3. The van der Waals surface area contributed by atoms with Crippen molar-refractivity contribution in [2.45, 2.75) is 6.54 Å². The predicted molar refractivity (Wildman–Crippen MR) is 66.3 cm³/mol. The number of halogens is 1. The molecule has 0 bridgehead atoms. The van der Waals surface area contributed by atoms with Crippen LogP contribution in [0.4, 0.5) is 0 Å². The highest BCUT2D eigenvalue weighted by atomic mass is 79.9. The highest BCUT2D eigenvalue weighted by Crippen LogP contribution is 2.17. The lowest BCUT2D eigenvalue weighted by atomic mass is 10.2. The van der Waals surface area contributed by atoms with E-state index in [1.165, 1.54) is 6.20 Å². The van der Waals surface area contributed by atoms with E-state index in [4.69, 9.17) is 0 Å². The molecule has 6 heteroatoms. The van der Waals surface area contributed by atoms with Gasteiger partial charge in [0, 0.05) is 18.1 Å². The molecule has 5 nitrogen and oxygen atoms in total. The van der Waals surface area contributed by atoms with Gasteiger partial charge in [0.05, 0.1) is 6.20 Å². The fraction of sp³-hybridized carbons (Fsp3) is 0.182. The molecular formula is C11H11BrN4O. The zero-order chi connectivity index (χ0) is 12.3. The van der Waals surface area contributed by atoms with E-state index in [-0.39, 0.29) is 5.91 Å². The van der Waals surface area contributed by atoms with E-state index in [1.54, 1.807) is 11.9 Å². The first-order chi connectivity index (χ1) is 8.18. The lowest BCUT2D eigenvalue weighted by Crippen LogP contribution is -2.26. The zero-order valence-electron chi connectivity index (χ0n) is 9.22. The van der Waals surface area contributed by atoms with Crippen molar-refractivity contribution in [1.29, 1.82) is 0 Å². The summed E-state index contributed by atoms with van der Waals surface area (Å²) in [7, 11) is 1.73. The molecular weight excluding hydrogens is 284 g/mol. The van der Waals surface area contributed by atoms with Gasteiger partial charge in [0.25, 0.3) is 5.91 Å². The molecule has 0 spiro atoms. The van der Waals surface area contributed by atoms with Gasteiger partial charge < -0.3 is 4.90 Å². The first-order valence-electron chi connectivity index (χ1n) is 5.03. The maximum Gasteiger partial charge on any atom is 0.276 e. The molecule has 0 aliphatic carbocycles. The molecule has 0 aliphatic heterocycles. The van der Waals surface area contributed by atoms with Gasteiger partial charge in [0.15, 0.2) is 5.69 Å². The largest absolute Gasteiger partial charge is 0.336 e. The Bertz CT molecular complexity index is 512. The third kappa shape index (κ3) is 2.71. The normalized spacial score (nSPS) is 10.2. The molecule has 0 saturated carbocycles. The molecule has 17 heavy (non-hydrogen) atoms. The summed E-state index contributed by atoms with van der Waals surface area (Å²) in [4.78, 5) is 13.5. The Morgan fingerprint density at radius 1 is 1.47 bits per heavy atom. The van der Waals surface area contributed by atoms with E-state index in [1.807, 2.05) is 24.3 Å². The zero-order valence-corrected chi connectivity index (χ0v) is 10.8. The average Bonchev–Trinajstić information content (AvgIpc) is 2.84. The summed E-state index contributed by atoms with van der Waals surface area (Å²) in [5, 5.41) is 9.80. The van der Waals surface area contributed by atoms with Crippen LogP contribution in [0.25, 0.3) is 0 Å². The minimum Gasteiger partial charge on any atom is -0.336 e. The van der Waals surface area contributed by atoms with Gasteiger partial charge in [-0.2, -0.15) is 15.4 Å². The summed E-state index contributed by atoms with van der Waals surface area (Å²) in [6, 6.07) is 7.79. The monoisotopic (exact) mass is 294 g/mol. The summed E-state index contributed by atoms with van der Waals surface area (Å²) in [6.45, 7) is 0.521. The van der Waals surface area contributed by atoms with Crippen molar-refractivity contribution in [2.75, 3.05) is 7.05 Å². The van der Waals surface area contributed by atoms with Gasteiger partial charge in [-0.1, -0.05) is 34.1 Å². The predicted octanol–water partition coefficient (Wildman–Crippen LogP) is 1.84. The Labute approximate surface area is 107 Å². The van der Waals surface area contributed by atoms with Crippen molar-refractivity contribution in [3.63, 3.8) is 0 Å². The summed E-state index contributed by atoms with van der Waals surface area (Å²) >= 11 is 3.45. The van der Waals surface area contributed by atoms with Crippen LogP contribution in [0.15, 0.2) is 34.9 Å². The number of aromatic amines is 1. The molecule has 0 fully saturated rings. The van der Waals surface area contributed by atoms with Crippen LogP contribution in [0.1, 0.15) is 16.1 Å². The topological polar surface area (TPSA) is 61.9 Å². The van der Waals surface area contributed by atoms with Gasteiger partial charge in [0.1, 0.15) is 0 Å². The number of amides is 1. The Morgan fingerprint density at radius 2 is 2.24 bits per heavy atom. The number of nitrogens with one attached hydrogen (secondary N) is 1. The van der Waals surface area contributed by atoms with E-state index in [2.05, 4.69) is 31.3 Å². The summed E-state index contributed by atoms with van der Waals surface area (Å²) in [5.74, 6) is -0.158. The smallest absolute Gasteiger partial charge is 0.276 e. The standard InChI is InChI=1S/C11H11BrN4O/c1-16(11(17)10-6-13-15-14-10)7-8-4-2-3-5-9(8)12/h2-6H,7H2,1H3,(H,13,14,15). The molecule has 1 N–H and O–H groups in total. The lowest BCUT2D eigenvalue weighted by Gasteiger charge is -2.16. The van der Waals surface area contributed by atoms with Gasteiger partial charge in [-0.15, -0.1) is 0 Å². The quantitative estimate of drug-likeness (QED) is 0.940. The third-order valence-electron chi connectivity index (χ3n) is 2.35. The van der Waals surface area contributed by atoms with Gasteiger partial charge in [0.2, 0.25) is 0 Å². The maximum absolute atomic E-state index is 11.9. The number of rotatable bonds is 3. The van der Waals surface area contributed by atoms with E-state index in [9.17, 15) is 4.79 Å². The SMILES string of the molecule is CN(Cc1ccccc1Br)C(=O)c1cn[nH]n1. The van der Waals surface area contributed by atoms with Crippen molar-refractivity contribution in [3.8, 4) is 0 Å². The molecule has 0 unspecified atom stereocenters. The van der Waals surface area contributed by atoms with Crippen LogP contribution in [0.2, 0.25) is 0 Å². The van der Waals surface area contributed by atoms with Crippen LogP contribution in [0.3, 0.4) is 0 Å². The fourth-order valence-corrected chi connectivity index (χ4v) is 1.86. The molecule has 0 aliphatic rings. The number of hydrogen-bond donors (Lipinski definition) is 1. The third-order valence-corrected chi connectivity index (χ3v) is 3.12. The number of hydrogen-bond acceptors (Lipinski definition) is 3. The Hall–Kier alpha value is -1.69. The van der Waals surface area contributed by atoms with Crippen LogP contribution < -0.4 is 0 Å². The molecule has 2 rings (SSSR count). The van der Waals surface area contributed by atoms with Crippen LogP contribution in [0, 0.1) is 0 Å². The second-order valence-electron chi connectivity index (χ2n) is 3.61. The van der Waals surface area contributed by atoms with E-state index < -0.39 is 0 Å². The van der Waals surface area contributed by atoms with Crippen molar-refractivity contribution in [3.05, 3.63) is 46.2 Å². The first-order valence-corrected chi connectivity index (χ1v) is 5.82. The van der Waals surface area contributed by atoms with Crippen LogP contribution in [-0.4, -0.2) is 33.3 Å². The highest BCUT2D eigenvalue weighted by Gasteiger charge is 2.15. The van der Waals surface area contributed by atoms with Crippen molar-refractivity contribution >= 4 is 21.8 Å². The lowest BCUT2D eigenvalue weighted by molar-refractivity contribution is 0.0779. The van der Waals surface area contributed by atoms with E-state index in [0.717, 1.165) is 10.0 Å². The first kappa shape index (κ1) is 11.8. The number of carbonyl (C=O) groups excluding carboxylic acids is 1. The van der Waals surface area contributed by atoms with Crippen LogP contribution in [-0.2, 0) is 6.54 Å². The van der Waals surface area contributed by atoms with E-state index in [0.29, 0.717) is 12.2 Å². The van der Waals surface area contributed by atoms with Crippen molar-refractivity contribution < 1.29 is 4.79 Å². The number of carbonyl (C=O) groups is 1. The Kier molecular flexibility index (Phi) is 3.53. The highest BCUT2D eigenvalue weighted by molar-refractivity contribution is 9.10. The van der Waals surface area contributed by atoms with Gasteiger partial charge in [-0.3, -0.25) is 4.79 Å². The van der Waals surface area contributed by atoms with Gasteiger partial charge >= 0.3 is 0 Å². The van der Waals surface area contributed by atoms with Gasteiger partial charge in [-0.05, 0) is 11.6 Å². The number of benzene rings is 1. The Balaban J connectivity index is 2.10. The molecule has 2 aromatic rings. The molecule has 1 aromatic heterocycles. The Morgan fingerprint density at radius 3 is 2.88 bits per heavy atom. The van der Waals surface area contributed by atoms with Crippen molar-refractivity contribution in [2.24, 2.45) is 0 Å². The molecule has 1 aromatic carbocycles. The molecule has 1 amide bonds. The summed E-state index contributed by atoms with van der Waals surface area (Å²) in [6.07, 6.45) is 1.42.